The van der Waals surface area contributed by atoms with Crippen LogP contribution in [0.15, 0.2) is 12.2 Å². The summed E-state index contributed by atoms with van der Waals surface area (Å²) in [6.45, 7) is 0. The van der Waals surface area contributed by atoms with Crippen LogP contribution in [0.1, 0.15) is 12.8 Å². The lowest BCUT2D eigenvalue weighted by molar-refractivity contribution is -0.143. The lowest BCUT2D eigenvalue weighted by Crippen LogP contribution is -2.14. The van der Waals surface area contributed by atoms with Gasteiger partial charge in [0, 0.05) is 0 Å². The van der Waals surface area contributed by atoms with Gasteiger partial charge in [-0.25, -0.2) is 0 Å². The summed E-state index contributed by atoms with van der Waals surface area (Å²) < 4.78 is 4.99. The fourth-order valence-electron chi connectivity index (χ4n) is 0.903. The van der Waals surface area contributed by atoms with E-state index in [1.54, 1.807) is 0 Å². The molecule has 0 heterocycles. The first kappa shape index (κ1) is 7.79. The van der Waals surface area contributed by atoms with Gasteiger partial charge >= 0.3 is 5.97 Å². The van der Waals surface area contributed by atoms with Gasteiger partial charge in [-0.15, -0.1) is 0 Å². The highest BCUT2D eigenvalue weighted by Gasteiger charge is 2.12. The van der Waals surface area contributed by atoms with Gasteiger partial charge in [-0.1, -0.05) is 22.0 Å². The molecule has 2 nitrogen and oxygen atoms in total. The van der Waals surface area contributed by atoms with Crippen LogP contribution < -0.4 is 0 Å². The fraction of sp³-hybridized carbons (Fsp3) is 0.571. The van der Waals surface area contributed by atoms with E-state index in [2.05, 4.69) is 15.9 Å². The smallest absolute Gasteiger partial charge is 0.317 e. The Balaban J connectivity index is 2.24. The maximum atomic E-state index is 10.7. The van der Waals surface area contributed by atoms with E-state index in [0.29, 0.717) is 0 Å². The summed E-state index contributed by atoms with van der Waals surface area (Å²) in [5.74, 6) is -0.184. The molecule has 0 amide bonds. The molecule has 1 atom stereocenters. The SMILES string of the molecule is O=C(CBr)OC1C=CCC1. The molecule has 0 bridgehead atoms. The molecule has 0 saturated heterocycles. The lowest BCUT2D eigenvalue weighted by atomic mass is 10.3. The van der Waals surface area contributed by atoms with Crippen molar-refractivity contribution in [1.29, 1.82) is 0 Å². The molecule has 56 valence electrons. The number of rotatable bonds is 2. The Bertz CT molecular complexity index is 154. The van der Waals surface area contributed by atoms with Crippen molar-refractivity contribution < 1.29 is 9.53 Å². The number of halogens is 1. The van der Waals surface area contributed by atoms with Crippen LogP contribution in [0.2, 0.25) is 0 Å². The van der Waals surface area contributed by atoms with Gasteiger partial charge in [0.15, 0.2) is 0 Å². The predicted molar refractivity (Wildman–Crippen MR) is 42.0 cm³/mol. The Kier molecular flexibility index (Phi) is 2.93. The Morgan fingerprint density at radius 1 is 1.80 bits per heavy atom. The maximum absolute atomic E-state index is 10.7. The number of hydrogen-bond donors (Lipinski definition) is 0. The molecule has 0 aliphatic heterocycles. The second-order valence-electron chi connectivity index (χ2n) is 2.17. The van der Waals surface area contributed by atoms with Gasteiger partial charge in [0.05, 0.1) is 0 Å². The van der Waals surface area contributed by atoms with E-state index in [4.69, 9.17) is 4.74 Å². The molecule has 1 aliphatic carbocycles. The first-order chi connectivity index (χ1) is 4.83. The number of alkyl halides is 1. The summed E-state index contributed by atoms with van der Waals surface area (Å²) in [7, 11) is 0. The van der Waals surface area contributed by atoms with E-state index in [1.165, 1.54) is 0 Å². The highest BCUT2D eigenvalue weighted by atomic mass is 79.9. The Labute approximate surface area is 68.4 Å². The second kappa shape index (κ2) is 3.76. The Morgan fingerprint density at radius 2 is 2.60 bits per heavy atom. The molecule has 1 aliphatic rings. The van der Waals surface area contributed by atoms with Crippen LogP contribution in [0.5, 0.6) is 0 Å². The van der Waals surface area contributed by atoms with E-state index < -0.39 is 0 Å². The number of carbonyl (C=O) groups excluding carboxylic acids is 1. The van der Waals surface area contributed by atoms with Gasteiger partial charge in [-0.2, -0.15) is 0 Å². The molecule has 1 rings (SSSR count). The van der Waals surface area contributed by atoms with Crippen LogP contribution in [-0.4, -0.2) is 17.4 Å². The molecule has 0 spiro atoms. The average molecular weight is 205 g/mol. The number of carbonyl (C=O) groups is 1. The summed E-state index contributed by atoms with van der Waals surface area (Å²) in [6, 6.07) is 0. The lowest BCUT2D eigenvalue weighted by Gasteiger charge is -2.07. The number of allylic oxidation sites excluding steroid dienone is 1. The zero-order chi connectivity index (χ0) is 7.40. The largest absolute Gasteiger partial charge is 0.457 e. The van der Waals surface area contributed by atoms with Crippen LogP contribution in [0.25, 0.3) is 0 Å². The molecule has 10 heavy (non-hydrogen) atoms. The zero-order valence-electron chi connectivity index (χ0n) is 5.55. The average Bonchev–Trinajstić information content (AvgIpc) is 2.40. The number of hydrogen-bond acceptors (Lipinski definition) is 2. The van der Waals surface area contributed by atoms with Crippen molar-refractivity contribution in [2.75, 3.05) is 5.33 Å². The van der Waals surface area contributed by atoms with E-state index in [9.17, 15) is 4.79 Å². The van der Waals surface area contributed by atoms with Crippen molar-refractivity contribution in [3.63, 3.8) is 0 Å². The molecule has 0 aromatic rings. The summed E-state index contributed by atoms with van der Waals surface area (Å²) >= 11 is 3.02. The summed E-state index contributed by atoms with van der Waals surface area (Å²) in [5.41, 5.74) is 0. The molecule has 3 heteroatoms. The normalized spacial score (nSPS) is 23.1. The molecule has 0 saturated carbocycles. The van der Waals surface area contributed by atoms with Crippen molar-refractivity contribution in [2.45, 2.75) is 18.9 Å². The third-order valence-electron chi connectivity index (χ3n) is 1.36. The van der Waals surface area contributed by atoms with Crippen LogP contribution in [-0.2, 0) is 9.53 Å². The van der Waals surface area contributed by atoms with Gasteiger partial charge in [0.25, 0.3) is 0 Å². The molecule has 0 radical (unpaired) electrons. The Morgan fingerprint density at radius 3 is 3.10 bits per heavy atom. The molecular formula is C7H9BrO2. The van der Waals surface area contributed by atoms with Crippen LogP contribution >= 0.6 is 15.9 Å². The summed E-state index contributed by atoms with van der Waals surface area (Å²) in [6.07, 6.45) is 5.97. The van der Waals surface area contributed by atoms with Gasteiger partial charge in [-0.3, -0.25) is 4.79 Å². The Hall–Kier alpha value is -0.310. The molecule has 1 unspecified atom stereocenters. The number of ether oxygens (including phenoxy) is 1. The van der Waals surface area contributed by atoms with E-state index >= 15 is 0 Å². The van der Waals surface area contributed by atoms with Gasteiger partial charge in [0.1, 0.15) is 11.4 Å². The predicted octanol–water partition coefficient (Wildman–Crippen LogP) is 1.64. The van der Waals surface area contributed by atoms with Gasteiger partial charge < -0.3 is 4.74 Å². The summed E-state index contributed by atoms with van der Waals surface area (Å²) in [5, 5.41) is 0.289. The quantitative estimate of drug-likeness (QED) is 0.389. The molecule has 0 N–H and O–H groups in total. The van der Waals surface area contributed by atoms with Crippen molar-refractivity contribution in [2.24, 2.45) is 0 Å². The molecule has 0 aromatic heterocycles. The topological polar surface area (TPSA) is 26.3 Å². The van der Waals surface area contributed by atoms with Gasteiger partial charge in [0.2, 0.25) is 0 Å². The van der Waals surface area contributed by atoms with Crippen molar-refractivity contribution in [1.82, 2.24) is 0 Å². The molecule has 0 fully saturated rings. The highest BCUT2D eigenvalue weighted by molar-refractivity contribution is 9.09. The highest BCUT2D eigenvalue weighted by Crippen LogP contribution is 2.12. The first-order valence-electron chi connectivity index (χ1n) is 3.25. The maximum Gasteiger partial charge on any atom is 0.317 e. The van der Waals surface area contributed by atoms with E-state index in [1.807, 2.05) is 12.2 Å². The van der Waals surface area contributed by atoms with Crippen molar-refractivity contribution >= 4 is 21.9 Å². The zero-order valence-corrected chi connectivity index (χ0v) is 7.13. The second-order valence-corrected chi connectivity index (χ2v) is 2.73. The third-order valence-corrected chi connectivity index (χ3v) is 1.82. The summed E-state index contributed by atoms with van der Waals surface area (Å²) in [4.78, 5) is 10.7. The van der Waals surface area contributed by atoms with Gasteiger partial charge in [-0.05, 0) is 18.9 Å². The third kappa shape index (κ3) is 2.14. The van der Waals surface area contributed by atoms with E-state index in [0.717, 1.165) is 12.8 Å². The monoisotopic (exact) mass is 204 g/mol. The minimum atomic E-state index is -0.184. The minimum absolute atomic E-state index is 0.0325. The standard InChI is InChI=1S/C7H9BrO2/c8-5-7(9)10-6-3-1-2-4-6/h1,3,6H,2,4-5H2. The fourth-order valence-corrected chi connectivity index (χ4v) is 1.04. The van der Waals surface area contributed by atoms with E-state index in [-0.39, 0.29) is 17.4 Å². The van der Waals surface area contributed by atoms with Crippen molar-refractivity contribution in [3.8, 4) is 0 Å². The molecular weight excluding hydrogens is 196 g/mol. The number of esters is 1. The van der Waals surface area contributed by atoms with Crippen LogP contribution in [0.4, 0.5) is 0 Å². The first-order valence-corrected chi connectivity index (χ1v) is 4.37. The minimum Gasteiger partial charge on any atom is -0.457 e. The molecule has 0 aromatic carbocycles. The van der Waals surface area contributed by atoms with Crippen LogP contribution in [0.3, 0.4) is 0 Å². The van der Waals surface area contributed by atoms with Crippen LogP contribution in [0, 0.1) is 0 Å². The van der Waals surface area contributed by atoms with Crippen molar-refractivity contribution in [3.05, 3.63) is 12.2 Å².